The molecule has 0 saturated carbocycles. The summed E-state index contributed by atoms with van der Waals surface area (Å²) in [6.45, 7) is 1.69. The van der Waals surface area contributed by atoms with Gasteiger partial charge in [-0.1, -0.05) is 11.6 Å². The molecule has 0 saturated heterocycles. The molecule has 0 spiro atoms. The van der Waals surface area contributed by atoms with Gasteiger partial charge in [0.2, 0.25) is 0 Å². The van der Waals surface area contributed by atoms with Crippen molar-refractivity contribution in [1.29, 1.82) is 0 Å². The van der Waals surface area contributed by atoms with Gasteiger partial charge in [0.1, 0.15) is 6.07 Å². The van der Waals surface area contributed by atoms with E-state index in [0.717, 1.165) is 0 Å². The van der Waals surface area contributed by atoms with Gasteiger partial charge in [0.15, 0.2) is 0 Å². The van der Waals surface area contributed by atoms with E-state index < -0.39 is 0 Å². The third-order valence-corrected chi connectivity index (χ3v) is 0.979. The highest BCUT2D eigenvalue weighted by Gasteiger charge is 1.85. The molecule has 0 fully saturated rings. The zero-order chi connectivity index (χ0) is 6.95. The molecule has 0 aliphatic carbocycles. The lowest BCUT2D eigenvalue weighted by Crippen LogP contribution is -2.04. The zero-order valence-corrected chi connectivity index (χ0v) is 6.62. The molecular weight excluding hydrogens is 163 g/mol. The maximum atomic E-state index is 5.32. The minimum Gasteiger partial charge on any atom is -0.378 e. The summed E-state index contributed by atoms with van der Waals surface area (Å²) in [6, 6.07) is 0.226. The van der Waals surface area contributed by atoms with Crippen molar-refractivity contribution in [2.24, 2.45) is 0 Å². The van der Waals surface area contributed by atoms with E-state index in [1.165, 1.54) is 0 Å². The third kappa shape index (κ3) is 8.50. The lowest BCUT2D eigenvalue weighted by atomic mass is 10.7. The Hall–Kier alpha value is 0.500. The second kappa shape index (κ2) is 8.50. The smallest absolute Gasteiger partial charge is 0.120 e. The van der Waals surface area contributed by atoms with Gasteiger partial charge in [0.05, 0.1) is 19.8 Å². The van der Waals surface area contributed by atoms with E-state index in [4.69, 9.17) is 32.7 Å². The van der Waals surface area contributed by atoms with Crippen LogP contribution in [0.15, 0.2) is 0 Å². The number of hydrogen-bond donors (Lipinski definition) is 0. The Balaban J connectivity index is 2.60. The van der Waals surface area contributed by atoms with Gasteiger partial charge in [-0.2, -0.15) is 0 Å². The number of ether oxygens (including phenoxy) is 2. The van der Waals surface area contributed by atoms with Crippen molar-refractivity contribution in [1.82, 2.24) is 0 Å². The maximum Gasteiger partial charge on any atom is 0.120 e. The van der Waals surface area contributed by atoms with Crippen molar-refractivity contribution < 1.29 is 9.47 Å². The Morgan fingerprint density at radius 2 is 1.56 bits per heavy atom. The van der Waals surface area contributed by atoms with Gasteiger partial charge in [-0.25, -0.2) is 0 Å². The molecule has 0 aromatic heterocycles. The van der Waals surface area contributed by atoms with Crippen molar-refractivity contribution >= 4 is 23.2 Å². The van der Waals surface area contributed by atoms with Crippen molar-refractivity contribution in [3.63, 3.8) is 0 Å². The van der Waals surface area contributed by atoms with Gasteiger partial charge in [-0.3, -0.25) is 0 Å². The van der Waals surface area contributed by atoms with E-state index in [0.29, 0.717) is 25.7 Å². The van der Waals surface area contributed by atoms with Crippen molar-refractivity contribution in [3.8, 4) is 0 Å². The molecule has 0 aromatic carbocycles. The van der Waals surface area contributed by atoms with Crippen LogP contribution in [-0.2, 0) is 9.47 Å². The summed E-state index contributed by atoms with van der Waals surface area (Å²) < 4.78 is 9.75. The molecule has 0 aliphatic rings. The molecule has 0 aliphatic heterocycles. The molecule has 0 radical (unpaired) electrons. The van der Waals surface area contributed by atoms with E-state index in [-0.39, 0.29) is 6.07 Å². The Labute approximate surface area is 65.0 Å². The number of halogens is 2. The zero-order valence-electron chi connectivity index (χ0n) is 5.11. The van der Waals surface area contributed by atoms with Crippen LogP contribution in [0.5, 0.6) is 0 Å². The number of hydrogen-bond acceptors (Lipinski definition) is 2. The lowest BCUT2D eigenvalue weighted by molar-refractivity contribution is 0.0716. The monoisotopic (exact) mass is 172 g/mol. The average molecular weight is 173 g/mol. The fourth-order valence-electron chi connectivity index (χ4n) is 0.329. The van der Waals surface area contributed by atoms with Crippen LogP contribution in [0, 0.1) is 0 Å². The van der Waals surface area contributed by atoms with Gasteiger partial charge in [-0.15, -0.1) is 11.6 Å². The summed E-state index contributed by atoms with van der Waals surface area (Å²) in [4.78, 5) is 0. The normalized spacial score (nSPS) is 10.0. The molecule has 9 heavy (non-hydrogen) atoms. The highest BCUT2D eigenvalue weighted by Crippen LogP contribution is 1.82. The Bertz CT molecular complexity index is 46.2. The van der Waals surface area contributed by atoms with Crippen LogP contribution in [0.1, 0.15) is 0 Å². The first-order valence-corrected chi connectivity index (χ1v) is 3.76. The van der Waals surface area contributed by atoms with E-state index in [1.807, 2.05) is 0 Å². The molecule has 2 nitrogen and oxygen atoms in total. The van der Waals surface area contributed by atoms with Gasteiger partial charge in [0.25, 0.3) is 0 Å². The third-order valence-electron chi connectivity index (χ3n) is 0.671. The predicted molar refractivity (Wildman–Crippen MR) is 38.2 cm³/mol. The second-order valence-corrected chi connectivity index (χ2v) is 1.91. The van der Waals surface area contributed by atoms with Crippen LogP contribution < -0.4 is 0 Å². The molecule has 0 atom stereocenters. The quantitative estimate of drug-likeness (QED) is 0.447. The van der Waals surface area contributed by atoms with Gasteiger partial charge in [-0.05, 0) is 0 Å². The Morgan fingerprint density at radius 1 is 0.889 bits per heavy atom. The van der Waals surface area contributed by atoms with Gasteiger partial charge >= 0.3 is 0 Å². The lowest BCUT2D eigenvalue weighted by Gasteiger charge is -1.99. The van der Waals surface area contributed by atoms with E-state index in [9.17, 15) is 0 Å². The first-order valence-electron chi connectivity index (χ1n) is 2.69. The second-order valence-electron chi connectivity index (χ2n) is 1.32. The summed E-state index contributed by atoms with van der Waals surface area (Å²) in [6.07, 6.45) is 0. The SMILES string of the molecule is ClCCOCCOCCl. The van der Waals surface area contributed by atoms with Gasteiger partial charge < -0.3 is 9.47 Å². The first-order chi connectivity index (χ1) is 4.41. The van der Waals surface area contributed by atoms with Crippen molar-refractivity contribution in [2.75, 3.05) is 31.8 Å². The fourth-order valence-corrected chi connectivity index (χ4v) is 0.547. The standard InChI is InChI=1S/C5H10Cl2O2/c6-1-2-8-3-4-9-5-7/h1-5H2. The highest BCUT2D eigenvalue weighted by atomic mass is 35.5. The fraction of sp³-hybridized carbons (Fsp3) is 1.00. The first kappa shape index (κ1) is 9.50. The predicted octanol–water partition coefficient (Wildman–Crippen LogP) is 1.45. The van der Waals surface area contributed by atoms with Crippen LogP contribution >= 0.6 is 23.2 Å². The molecule has 0 bridgehead atoms. The molecule has 0 amide bonds. The summed E-state index contributed by atoms with van der Waals surface area (Å²) in [5.74, 6) is 0.529. The summed E-state index contributed by atoms with van der Waals surface area (Å²) in [7, 11) is 0. The maximum absolute atomic E-state index is 5.32. The molecule has 0 rings (SSSR count). The topological polar surface area (TPSA) is 18.5 Å². The molecule has 0 heterocycles. The van der Waals surface area contributed by atoms with Crippen LogP contribution in [0.4, 0.5) is 0 Å². The largest absolute Gasteiger partial charge is 0.378 e. The molecule has 0 N–H and O–H groups in total. The molecular formula is C5H10Cl2O2. The molecule has 0 unspecified atom stereocenters. The van der Waals surface area contributed by atoms with Crippen molar-refractivity contribution in [3.05, 3.63) is 0 Å². The van der Waals surface area contributed by atoms with E-state index in [2.05, 4.69) is 0 Å². The molecule has 0 aromatic rings. The summed E-state index contributed by atoms with van der Waals surface area (Å²) in [5, 5.41) is 0. The van der Waals surface area contributed by atoms with Crippen LogP contribution in [0.25, 0.3) is 0 Å². The minimum absolute atomic E-state index is 0.226. The Kier molecular flexibility index (Phi) is 8.97. The molecule has 4 heteroatoms. The Morgan fingerprint density at radius 3 is 2.11 bits per heavy atom. The summed E-state index contributed by atoms with van der Waals surface area (Å²) in [5.41, 5.74) is 0. The van der Waals surface area contributed by atoms with E-state index in [1.54, 1.807) is 0 Å². The minimum atomic E-state index is 0.226. The number of rotatable bonds is 6. The van der Waals surface area contributed by atoms with Gasteiger partial charge in [0, 0.05) is 5.88 Å². The van der Waals surface area contributed by atoms with Crippen molar-refractivity contribution in [2.45, 2.75) is 0 Å². The van der Waals surface area contributed by atoms with E-state index >= 15 is 0 Å². The molecule has 56 valence electrons. The number of alkyl halides is 2. The highest BCUT2D eigenvalue weighted by molar-refractivity contribution is 6.18. The van der Waals surface area contributed by atoms with Crippen LogP contribution in [0.3, 0.4) is 0 Å². The summed E-state index contributed by atoms with van der Waals surface area (Å²) >= 11 is 10.5. The van der Waals surface area contributed by atoms with Crippen LogP contribution in [0.2, 0.25) is 0 Å². The van der Waals surface area contributed by atoms with Crippen LogP contribution in [-0.4, -0.2) is 31.8 Å². The average Bonchev–Trinajstić information content (AvgIpc) is 1.89.